The summed E-state index contributed by atoms with van der Waals surface area (Å²) in [6.07, 6.45) is 0.231. The Hall–Kier alpha value is -2.57. The van der Waals surface area contributed by atoms with Gasteiger partial charge in [-0.15, -0.1) is 0 Å². The van der Waals surface area contributed by atoms with Crippen molar-refractivity contribution in [2.45, 2.75) is 13.3 Å². The SMILES string of the molecule is COCC(=O)N1CCN(c2ccc(N=[N+]=[N-])c(CC(C)=O)c2)CC1. The quantitative estimate of drug-likeness (QED) is 0.452. The summed E-state index contributed by atoms with van der Waals surface area (Å²) >= 11 is 0. The lowest BCUT2D eigenvalue weighted by atomic mass is 10.1. The molecule has 1 aromatic carbocycles. The Kier molecular flexibility index (Phi) is 6.17. The smallest absolute Gasteiger partial charge is 0.248 e. The number of carbonyl (C=O) groups excluding carboxylic acids is 2. The maximum atomic E-state index is 11.8. The Morgan fingerprint density at radius 1 is 1.29 bits per heavy atom. The zero-order valence-corrected chi connectivity index (χ0v) is 13.9. The topological polar surface area (TPSA) is 98.6 Å². The van der Waals surface area contributed by atoms with Gasteiger partial charge in [0, 0.05) is 56.0 Å². The molecule has 0 N–H and O–H groups in total. The average molecular weight is 331 g/mol. The van der Waals surface area contributed by atoms with Gasteiger partial charge < -0.3 is 14.5 Å². The van der Waals surface area contributed by atoms with Crippen molar-refractivity contribution < 1.29 is 14.3 Å². The predicted octanol–water partition coefficient (Wildman–Crippen LogP) is 2.05. The molecule has 0 bridgehead atoms. The molecule has 128 valence electrons. The number of Topliss-reactive ketones (excluding diaryl/α,β-unsaturated/α-hetero) is 1. The summed E-state index contributed by atoms with van der Waals surface area (Å²) in [5, 5.41) is 3.64. The number of nitrogens with zero attached hydrogens (tertiary/aromatic N) is 5. The number of hydrogen-bond donors (Lipinski definition) is 0. The second-order valence-electron chi connectivity index (χ2n) is 5.68. The van der Waals surface area contributed by atoms with E-state index in [1.165, 1.54) is 14.0 Å². The van der Waals surface area contributed by atoms with E-state index in [4.69, 9.17) is 10.3 Å². The number of ketones is 1. The highest BCUT2D eigenvalue weighted by Gasteiger charge is 2.21. The summed E-state index contributed by atoms with van der Waals surface area (Å²) < 4.78 is 4.88. The highest BCUT2D eigenvalue weighted by molar-refractivity contribution is 5.80. The van der Waals surface area contributed by atoms with E-state index in [9.17, 15) is 9.59 Å². The van der Waals surface area contributed by atoms with Crippen molar-refractivity contribution in [3.05, 3.63) is 34.2 Å². The lowest BCUT2D eigenvalue weighted by Crippen LogP contribution is -2.49. The lowest BCUT2D eigenvalue weighted by Gasteiger charge is -2.36. The highest BCUT2D eigenvalue weighted by atomic mass is 16.5. The monoisotopic (exact) mass is 331 g/mol. The van der Waals surface area contributed by atoms with Gasteiger partial charge in [-0.05, 0) is 30.2 Å². The minimum absolute atomic E-state index is 0.00637. The van der Waals surface area contributed by atoms with Gasteiger partial charge in [0.05, 0.1) is 0 Å². The van der Waals surface area contributed by atoms with Gasteiger partial charge in [0.1, 0.15) is 12.4 Å². The molecule has 1 saturated heterocycles. The molecular formula is C16H21N5O3. The fraction of sp³-hybridized carbons (Fsp3) is 0.500. The molecule has 0 saturated carbocycles. The van der Waals surface area contributed by atoms with E-state index in [-0.39, 0.29) is 24.7 Å². The van der Waals surface area contributed by atoms with Crippen LogP contribution in [0.2, 0.25) is 0 Å². The number of hydrogen-bond acceptors (Lipinski definition) is 5. The average Bonchev–Trinajstić information content (AvgIpc) is 2.56. The molecule has 0 aromatic heterocycles. The van der Waals surface area contributed by atoms with Crippen molar-refractivity contribution in [1.29, 1.82) is 0 Å². The van der Waals surface area contributed by atoms with Gasteiger partial charge in [-0.1, -0.05) is 11.2 Å². The van der Waals surface area contributed by atoms with Gasteiger partial charge in [-0.2, -0.15) is 0 Å². The van der Waals surface area contributed by atoms with Crippen LogP contribution in [0.4, 0.5) is 11.4 Å². The molecule has 8 heteroatoms. The number of anilines is 1. The Morgan fingerprint density at radius 3 is 2.58 bits per heavy atom. The molecule has 1 aliphatic rings. The minimum atomic E-state index is -0.00637. The van der Waals surface area contributed by atoms with Crippen molar-refractivity contribution in [3.63, 3.8) is 0 Å². The summed E-state index contributed by atoms with van der Waals surface area (Å²) in [6.45, 7) is 4.27. The molecule has 0 radical (unpaired) electrons. The number of ether oxygens (including phenoxy) is 1. The second-order valence-corrected chi connectivity index (χ2v) is 5.68. The van der Waals surface area contributed by atoms with Gasteiger partial charge in [-0.3, -0.25) is 9.59 Å². The number of azide groups is 1. The van der Waals surface area contributed by atoms with Crippen LogP contribution < -0.4 is 4.90 Å². The molecular weight excluding hydrogens is 310 g/mol. The molecule has 0 aliphatic carbocycles. The number of benzene rings is 1. The van der Waals surface area contributed by atoms with Crippen LogP contribution in [0.1, 0.15) is 12.5 Å². The van der Waals surface area contributed by atoms with Crippen LogP contribution in [0, 0.1) is 0 Å². The van der Waals surface area contributed by atoms with Crippen LogP contribution in [0.5, 0.6) is 0 Å². The second kappa shape index (κ2) is 8.33. The van der Waals surface area contributed by atoms with Crippen molar-refractivity contribution >= 4 is 23.1 Å². The van der Waals surface area contributed by atoms with Crippen LogP contribution >= 0.6 is 0 Å². The molecule has 1 fully saturated rings. The van der Waals surface area contributed by atoms with Crippen LogP contribution in [-0.4, -0.2) is 56.5 Å². The zero-order valence-electron chi connectivity index (χ0n) is 13.9. The molecule has 1 aromatic rings. The van der Waals surface area contributed by atoms with Gasteiger partial charge in [0.15, 0.2) is 0 Å². The maximum absolute atomic E-state index is 11.8. The first-order chi connectivity index (χ1) is 11.5. The van der Waals surface area contributed by atoms with Crippen molar-refractivity contribution in [2.24, 2.45) is 5.11 Å². The van der Waals surface area contributed by atoms with Crippen LogP contribution in [-0.2, 0) is 20.7 Å². The van der Waals surface area contributed by atoms with E-state index in [1.807, 2.05) is 12.1 Å². The molecule has 1 amide bonds. The normalized spacial score (nSPS) is 14.2. The number of piperazine rings is 1. The number of methoxy groups -OCH3 is 1. The summed E-state index contributed by atoms with van der Waals surface area (Å²) in [5.41, 5.74) is 10.8. The van der Waals surface area contributed by atoms with E-state index in [0.29, 0.717) is 31.9 Å². The standard InChI is InChI=1S/C16H21N5O3/c1-12(22)9-13-10-14(3-4-15(13)18-19-17)20-5-7-21(8-6-20)16(23)11-24-2/h3-4,10H,5-9,11H2,1-2H3. The highest BCUT2D eigenvalue weighted by Crippen LogP contribution is 2.27. The molecule has 0 unspecified atom stereocenters. The zero-order chi connectivity index (χ0) is 17.5. The summed E-state index contributed by atoms with van der Waals surface area (Å²) in [5.74, 6) is 0.00430. The molecule has 0 atom stereocenters. The Labute approximate surface area is 140 Å². The summed E-state index contributed by atoms with van der Waals surface area (Å²) in [7, 11) is 1.51. The molecule has 1 aliphatic heterocycles. The number of carbonyl (C=O) groups is 2. The molecule has 8 nitrogen and oxygen atoms in total. The number of rotatable bonds is 6. The first-order valence-electron chi connectivity index (χ1n) is 7.74. The van der Waals surface area contributed by atoms with E-state index < -0.39 is 0 Å². The minimum Gasteiger partial charge on any atom is -0.375 e. The fourth-order valence-electron chi connectivity index (χ4n) is 2.75. The van der Waals surface area contributed by atoms with E-state index in [1.54, 1.807) is 11.0 Å². The summed E-state index contributed by atoms with van der Waals surface area (Å²) in [4.78, 5) is 30.0. The maximum Gasteiger partial charge on any atom is 0.248 e. The fourth-order valence-corrected chi connectivity index (χ4v) is 2.75. The van der Waals surface area contributed by atoms with Crippen molar-refractivity contribution in [3.8, 4) is 0 Å². The van der Waals surface area contributed by atoms with Gasteiger partial charge >= 0.3 is 0 Å². The van der Waals surface area contributed by atoms with Crippen LogP contribution in [0.25, 0.3) is 10.4 Å². The van der Waals surface area contributed by atoms with E-state index >= 15 is 0 Å². The van der Waals surface area contributed by atoms with Crippen molar-refractivity contribution in [1.82, 2.24) is 4.90 Å². The molecule has 24 heavy (non-hydrogen) atoms. The number of amides is 1. The largest absolute Gasteiger partial charge is 0.375 e. The summed E-state index contributed by atoms with van der Waals surface area (Å²) in [6, 6.07) is 5.49. The van der Waals surface area contributed by atoms with Gasteiger partial charge in [0.25, 0.3) is 0 Å². The first kappa shape index (κ1) is 17.8. The van der Waals surface area contributed by atoms with E-state index in [0.717, 1.165) is 11.3 Å². The lowest BCUT2D eigenvalue weighted by molar-refractivity contribution is -0.135. The Bertz CT molecular complexity index is 662. The third-order valence-electron chi connectivity index (χ3n) is 3.92. The van der Waals surface area contributed by atoms with E-state index in [2.05, 4.69) is 14.9 Å². The van der Waals surface area contributed by atoms with Gasteiger partial charge in [-0.25, -0.2) is 0 Å². The Morgan fingerprint density at radius 2 is 2.00 bits per heavy atom. The predicted molar refractivity (Wildman–Crippen MR) is 90.3 cm³/mol. The first-order valence-corrected chi connectivity index (χ1v) is 7.74. The van der Waals surface area contributed by atoms with Crippen LogP contribution in [0.15, 0.2) is 23.3 Å². The molecule has 0 spiro atoms. The third-order valence-corrected chi connectivity index (χ3v) is 3.92. The van der Waals surface area contributed by atoms with Gasteiger partial charge in [0.2, 0.25) is 5.91 Å². The molecule has 2 rings (SSSR count). The third kappa shape index (κ3) is 4.47. The molecule has 1 heterocycles. The van der Waals surface area contributed by atoms with Crippen LogP contribution in [0.3, 0.4) is 0 Å². The van der Waals surface area contributed by atoms with Crippen molar-refractivity contribution in [2.75, 3.05) is 44.8 Å². The Balaban J connectivity index is 2.11.